The molecule has 2 aliphatic rings. The van der Waals surface area contributed by atoms with E-state index in [0.29, 0.717) is 0 Å². The zero-order valence-electron chi connectivity index (χ0n) is 22.3. The lowest BCUT2D eigenvalue weighted by Crippen LogP contribution is -2.41. The topological polar surface area (TPSA) is 18.5 Å². The van der Waals surface area contributed by atoms with Gasteiger partial charge in [-0.1, -0.05) is 101 Å². The summed E-state index contributed by atoms with van der Waals surface area (Å²) in [5, 5.41) is 0. The smallest absolute Gasteiger partial charge is 0.399 e. The molecule has 184 valence electrons. The Labute approximate surface area is 209 Å². The molecule has 34 heavy (non-hydrogen) atoms. The normalized spacial score (nSPS) is 17.7. The van der Waals surface area contributed by atoms with Crippen LogP contribution >= 0.6 is 0 Å². The molecule has 0 spiro atoms. The van der Waals surface area contributed by atoms with Crippen molar-refractivity contribution in [2.24, 2.45) is 0 Å². The van der Waals surface area contributed by atoms with Crippen LogP contribution < -0.4 is 5.46 Å². The molecule has 1 aliphatic carbocycles. The Morgan fingerprint density at radius 2 is 1.21 bits per heavy atom. The van der Waals surface area contributed by atoms with Crippen LogP contribution in [-0.2, 0) is 22.2 Å². The highest BCUT2D eigenvalue weighted by atomic mass is 16.7. The molecule has 2 nitrogen and oxygen atoms in total. The molecule has 3 heteroatoms. The van der Waals surface area contributed by atoms with E-state index in [2.05, 4.69) is 71.0 Å². The molecule has 0 amide bonds. The van der Waals surface area contributed by atoms with Crippen molar-refractivity contribution in [2.75, 3.05) is 0 Å². The summed E-state index contributed by atoms with van der Waals surface area (Å²) in [5.41, 5.74) is 7.69. The fourth-order valence-corrected chi connectivity index (χ4v) is 5.38. The Morgan fingerprint density at radius 1 is 0.676 bits per heavy atom. The molecule has 0 N–H and O–H groups in total. The van der Waals surface area contributed by atoms with Crippen LogP contribution in [0.2, 0.25) is 0 Å². The molecule has 0 aromatic heterocycles. The van der Waals surface area contributed by atoms with Crippen LogP contribution in [0.5, 0.6) is 0 Å². The quantitative estimate of drug-likeness (QED) is 0.201. The van der Waals surface area contributed by atoms with E-state index in [4.69, 9.17) is 9.31 Å². The molecule has 2 aromatic carbocycles. The van der Waals surface area contributed by atoms with Crippen molar-refractivity contribution in [1.82, 2.24) is 0 Å². The van der Waals surface area contributed by atoms with Gasteiger partial charge >= 0.3 is 7.12 Å². The predicted molar refractivity (Wildman–Crippen MR) is 146 cm³/mol. The Morgan fingerprint density at radius 3 is 1.82 bits per heavy atom. The number of rotatable bonds is 12. The summed E-state index contributed by atoms with van der Waals surface area (Å²) >= 11 is 0. The first-order valence-electron chi connectivity index (χ1n) is 13.9. The second-order valence-corrected chi connectivity index (χ2v) is 11.6. The third kappa shape index (κ3) is 5.79. The molecule has 1 heterocycles. The maximum Gasteiger partial charge on any atom is 0.494 e. The molecule has 0 saturated carbocycles. The molecule has 1 saturated heterocycles. The maximum absolute atomic E-state index is 6.29. The first-order chi connectivity index (χ1) is 16.3. The van der Waals surface area contributed by atoms with E-state index in [-0.39, 0.29) is 18.3 Å². The van der Waals surface area contributed by atoms with Crippen LogP contribution in [0.1, 0.15) is 116 Å². The van der Waals surface area contributed by atoms with E-state index in [9.17, 15) is 0 Å². The molecular weight excluding hydrogens is 415 g/mol. The van der Waals surface area contributed by atoms with Gasteiger partial charge in [0.1, 0.15) is 0 Å². The summed E-state index contributed by atoms with van der Waals surface area (Å²) in [6, 6.07) is 13.9. The van der Waals surface area contributed by atoms with Crippen molar-refractivity contribution < 1.29 is 9.31 Å². The van der Waals surface area contributed by atoms with Gasteiger partial charge in [0.15, 0.2) is 0 Å². The molecule has 0 unspecified atom stereocenters. The zero-order chi connectivity index (χ0) is 24.2. The van der Waals surface area contributed by atoms with Crippen LogP contribution in [0.15, 0.2) is 36.4 Å². The van der Waals surface area contributed by atoms with Crippen molar-refractivity contribution in [3.63, 3.8) is 0 Å². The fourth-order valence-electron chi connectivity index (χ4n) is 5.38. The second kappa shape index (κ2) is 11.0. The number of unbranched alkanes of at least 4 members (excludes halogenated alkanes) is 9. The number of hydrogen-bond acceptors (Lipinski definition) is 2. The van der Waals surface area contributed by atoms with Crippen molar-refractivity contribution >= 4 is 12.6 Å². The number of aryl methyl sites for hydroxylation is 1. The Bertz CT molecular complexity index is 946. The van der Waals surface area contributed by atoms with Gasteiger partial charge in [0.05, 0.1) is 11.2 Å². The Balaban J connectivity index is 1.26. The first-order valence-corrected chi connectivity index (χ1v) is 13.9. The highest BCUT2D eigenvalue weighted by Crippen LogP contribution is 2.39. The molecular formula is C31H45BO2. The predicted octanol–water partition coefficient (Wildman–Crippen LogP) is 8.02. The number of fused-ring (bicyclic) bond motifs is 3. The Hall–Kier alpha value is -1.58. The fraction of sp³-hybridized carbons (Fsp3) is 0.613. The van der Waals surface area contributed by atoms with Crippen molar-refractivity contribution in [3.8, 4) is 11.1 Å². The van der Waals surface area contributed by atoms with Gasteiger partial charge in [0.25, 0.3) is 0 Å². The van der Waals surface area contributed by atoms with Crippen LogP contribution in [0.3, 0.4) is 0 Å². The minimum Gasteiger partial charge on any atom is -0.399 e. The molecule has 0 bridgehead atoms. The highest BCUT2D eigenvalue weighted by molar-refractivity contribution is 6.62. The summed E-state index contributed by atoms with van der Waals surface area (Å²) < 4.78 is 12.6. The van der Waals surface area contributed by atoms with E-state index >= 15 is 0 Å². The van der Waals surface area contributed by atoms with Crippen LogP contribution in [0.4, 0.5) is 0 Å². The number of hydrogen-bond donors (Lipinski definition) is 0. The second-order valence-electron chi connectivity index (χ2n) is 11.6. The van der Waals surface area contributed by atoms with Gasteiger partial charge < -0.3 is 9.31 Å². The largest absolute Gasteiger partial charge is 0.494 e. The van der Waals surface area contributed by atoms with E-state index in [1.165, 1.54) is 98.4 Å². The summed E-state index contributed by atoms with van der Waals surface area (Å²) in [4.78, 5) is 0. The third-order valence-electron chi connectivity index (χ3n) is 8.31. The molecule has 4 rings (SSSR count). The van der Waals surface area contributed by atoms with Crippen LogP contribution in [0, 0.1) is 0 Å². The molecule has 0 radical (unpaired) electrons. The minimum absolute atomic E-state index is 0.286. The molecule has 2 aromatic rings. The Kier molecular flexibility index (Phi) is 8.25. The van der Waals surface area contributed by atoms with Crippen molar-refractivity contribution in [2.45, 2.75) is 123 Å². The number of benzene rings is 2. The van der Waals surface area contributed by atoms with Gasteiger partial charge in [-0.15, -0.1) is 0 Å². The first kappa shape index (κ1) is 25.5. The lowest BCUT2D eigenvalue weighted by atomic mass is 9.78. The average molecular weight is 461 g/mol. The van der Waals surface area contributed by atoms with Gasteiger partial charge in [-0.2, -0.15) is 0 Å². The van der Waals surface area contributed by atoms with Gasteiger partial charge in [0, 0.05) is 0 Å². The maximum atomic E-state index is 6.29. The van der Waals surface area contributed by atoms with Gasteiger partial charge in [-0.05, 0) is 80.2 Å². The summed E-state index contributed by atoms with van der Waals surface area (Å²) in [6.45, 7) is 10.8. The minimum atomic E-state index is -0.302. The third-order valence-corrected chi connectivity index (χ3v) is 8.31. The van der Waals surface area contributed by atoms with Crippen molar-refractivity contribution in [3.05, 3.63) is 53.1 Å². The molecule has 1 fully saturated rings. The molecule has 0 atom stereocenters. The average Bonchev–Trinajstić information content (AvgIpc) is 3.26. The SMILES string of the molecule is CCCCCCCCCCCCc1ccc2c(c1)Cc1cc(B3OC(C)(C)C(C)(C)O3)ccc1-2. The summed E-state index contributed by atoms with van der Waals surface area (Å²) in [6.07, 6.45) is 16.2. The van der Waals surface area contributed by atoms with Crippen LogP contribution in [-0.4, -0.2) is 18.3 Å². The summed E-state index contributed by atoms with van der Waals surface area (Å²) in [5.74, 6) is 0. The van der Waals surface area contributed by atoms with E-state index in [0.717, 1.165) is 11.9 Å². The van der Waals surface area contributed by atoms with Gasteiger partial charge in [0.2, 0.25) is 0 Å². The lowest BCUT2D eigenvalue weighted by molar-refractivity contribution is 0.00578. The summed E-state index contributed by atoms with van der Waals surface area (Å²) in [7, 11) is -0.286. The van der Waals surface area contributed by atoms with Gasteiger partial charge in [-0.3, -0.25) is 0 Å². The van der Waals surface area contributed by atoms with Crippen LogP contribution in [0.25, 0.3) is 11.1 Å². The zero-order valence-corrected chi connectivity index (χ0v) is 22.3. The van der Waals surface area contributed by atoms with E-state index in [1.807, 2.05) is 0 Å². The lowest BCUT2D eigenvalue weighted by Gasteiger charge is -2.32. The van der Waals surface area contributed by atoms with Gasteiger partial charge in [-0.25, -0.2) is 0 Å². The van der Waals surface area contributed by atoms with Crippen molar-refractivity contribution in [1.29, 1.82) is 0 Å². The van der Waals surface area contributed by atoms with E-state index in [1.54, 1.807) is 0 Å². The standard InChI is InChI=1S/C31H45BO2/c1-6-7-8-9-10-11-12-13-14-15-16-24-17-19-28-25(21-24)22-26-23-27(18-20-29(26)28)32-33-30(2,3)31(4,5)34-32/h17-21,23H,6-16,22H2,1-5H3. The molecule has 1 aliphatic heterocycles. The highest BCUT2D eigenvalue weighted by Gasteiger charge is 2.51. The monoisotopic (exact) mass is 460 g/mol. The van der Waals surface area contributed by atoms with E-state index < -0.39 is 0 Å².